The molecule has 0 radical (unpaired) electrons. The van der Waals surface area contributed by atoms with Gasteiger partial charge in [-0.05, 0) is 18.6 Å². The van der Waals surface area contributed by atoms with Crippen molar-refractivity contribution in [3.8, 4) is 0 Å². The van der Waals surface area contributed by atoms with Gasteiger partial charge in [0.25, 0.3) is 0 Å². The molecule has 0 aliphatic carbocycles. The van der Waals surface area contributed by atoms with Crippen LogP contribution in [0.3, 0.4) is 0 Å². The summed E-state index contributed by atoms with van der Waals surface area (Å²) in [5.74, 6) is -1.13. The summed E-state index contributed by atoms with van der Waals surface area (Å²) in [7, 11) is -4.83. The summed E-state index contributed by atoms with van der Waals surface area (Å²) in [5, 5.41) is -0.332. The molecule has 11 heteroatoms. The van der Waals surface area contributed by atoms with E-state index in [-0.39, 0.29) is 11.9 Å². The molecule has 0 saturated carbocycles. The summed E-state index contributed by atoms with van der Waals surface area (Å²) < 4.78 is 101. The van der Waals surface area contributed by atoms with E-state index < -0.39 is 53.8 Å². The zero-order valence-electron chi connectivity index (χ0n) is 22.5. The zero-order valence-corrected chi connectivity index (χ0v) is 23.3. The van der Waals surface area contributed by atoms with Gasteiger partial charge in [0, 0.05) is 5.30 Å². The highest BCUT2D eigenvalue weighted by molar-refractivity contribution is 7.88. The van der Waals surface area contributed by atoms with Gasteiger partial charge in [0.05, 0.1) is 23.3 Å². The Bertz CT molecular complexity index is 1110. The highest BCUT2D eigenvalue weighted by Crippen LogP contribution is 2.52. The Morgan fingerprint density at radius 3 is 1.65 bits per heavy atom. The van der Waals surface area contributed by atoms with Crippen molar-refractivity contribution in [2.24, 2.45) is 0 Å². The van der Waals surface area contributed by atoms with Crippen molar-refractivity contribution < 1.29 is 45.2 Å². The van der Waals surface area contributed by atoms with Gasteiger partial charge < -0.3 is 9.30 Å². The lowest BCUT2D eigenvalue weighted by atomic mass is 10.0. The Morgan fingerprint density at radius 2 is 1.18 bits per heavy atom. The average Bonchev–Trinajstić information content (AvgIpc) is 2.90. The monoisotopic (exact) mass is 592 g/mol. The molecule has 0 spiro atoms. The van der Waals surface area contributed by atoms with Gasteiger partial charge in [-0.2, -0.15) is 26.3 Å². The summed E-state index contributed by atoms with van der Waals surface area (Å²) in [5.41, 5.74) is -7.41. The van der Waals surface area contributed by atoms with Crippen LogP contribution >= 0.6 is 7.14 Å². The van der Waals surface area contributed by atoms with Crippen LogP contribution in [0.5, 0.6) is 0 Å². The quantitative estimate of drug-likeness (QED) is 0.0845. The second-order valence-electron chi connectivity index (χ2n) is 9.66. The van der Waals surface area contributed by atoms with Gasteiger partial charge in [0.1, 0.15) is 6.16 Å². The topological polar surface area (TPSA) is 60.4 Å². The zero-order chi connectivity index (χ0) is 29.8. The van der Waals surface area contributed by atoms with E-state index in [4.69, 9.17) is 4.74 Å². The Kier molecular flexibility index (Phi) is 12.9. The smallest absolute Gasteiger partial charge is 0.417 e. The third-order valence-corrected chi connectivity index (χ3v) is 9.22. The molecule has 0 saturated heterocycles. The molecule has 1 unspecified atom stereocenters. The molecule has 40 heavy (non-hydrogen) atoms. The largest absolute Gasteiger partial charge is 0.465 e. The maximum absolute atomic E-state index is 14.0. The van der Waals surface area contributed by atoms with Crippen LogP contribution in [0.2, 0.25) is 0 Å². The van der Waals surface area contributed by atoms with Gasteiger partial charge in [0.15, 0.2) is 7.14 Å². The number of halogens is 6. The Morgan fingerprint density at radius 1 is 0.700 bits per heavy atom. The van der Waals surface area contributed by atoms with E-state index in [9.17, 15) is 40.5 Å². The third kappa shape index (κ3) is 9.79. The molecule has 0 aliphatic heterocycles. The predicted molar refractivity (Wildman–Crippen MR) is 142 cm³/mol. The molecule has 0 fully saturated rings. The number of ether oxygens (including phenoxy) is 1. The van der Waals surface area contributed by atoms with E-state index in [0.29, 0.717) is 24.6 Å². The lowest BCUT2D eigenvalue weighted by Gasteiger charge is -2.22. The molecule has 2 rings (SSSR count). The lowest BCUT2D eigenvalue weighted by Crippen LogP contribution is -2.26. The summed E-state index contributed by atoms with van der Waals surface area (Å²) in [6.07, 6.45) is -1.56. The first-order valence-electron chi connectivity index (χ1n) is 13.4. The van der Waals surface area contributed by atoms with Gasteiger partial charge in [-0.25, -0.2) is 0 Å². The molecule has 0 aromatic heterocycles. The van der Waals surface area contributed by atoms with Gasteiger partial charge in [-0.15, -0.1) is 0 Å². The summed E-state index contributed by atoms with van der Waals surface area (Å²) in [6, 6.07) is 7.55. The van der Waals surface area contributed by atoms with E-state index in [1.54, 1.807) is 0 Å². The van der Waals surface area contributed by atoms with Crippen LogP contribution in [-0.4, -0.2) is 24.3 Å². The normalized spacial score (nSPS) is 13.6. The average molecular weight is 593 g/mol. The minimum Gasteiger partial charge on any atom is -0.465 e. The highest BCUT2D eigenvalue weighted by atomic mass is 31.2. The van der Waals surface area contributed by atoms with Crippen molar-refractivity contribution in [3.05, 3.63) is 65.2 Å². The second kappa shape index (κ2) is 15.4. The van der Waals surface area contributed by atoms with Crippen LogP contribution in [0, 0.1) is 0 Å². The minimum atomic E-state index is -5.34. The van der Waals surface area contributed by atoms with Crippen LogP contribution in [0.25, 0.3) is 0 Å². The highest BCUT2D eigenvalue weighted by Gasteiger charge is 2.48. The SMILES string of the molecule is CCCCCCCCCCCCOC(=O)CP(=O)(C(=O)c1c(C(F)(F)F)cccc1C(F)(F)F)c1ccccc1. The van der Waals surface area contributed by atoms with Crippen LogP contribution in [0.15, 0.2) is 48.5 Å². The number of hydrogen-bond acceptors (Lipinski definition) is 4. The molecule has 0 amide bonds. The van der Waals surface area contributed by atoms with Crippen molar-refractivity contribution >= 4 is 23.9 Å². The fourth-order valence-electron chi connectivity index (χ4n) is 4.39. The second-order valence-corrected chi connectivity index (χ2v) is 12.4. The van der Waals surface area contributed by atoms with Gasteiger partial charge in [-0.3, -0.25) is 9.59 Å². The Labute approximate surface area is 230 Å². The van der Waals surface area contributed by atoms with Crippen LogP contribution in [-0.2, 0) is 26.4 Å². The third-order valence-electron chi connectivity index (χ3n) is 6.50. The summed E-state index contributed by atoms with van der Waals surface area (Å²) >= 11 is 0. The molecule has 0 bridgehead atoms. The van der Waals surface area contributed by atoms with E-state index in [2.05, 4.69) is 6.92 Å². The maximum Gasteiger partial charge on any atom is 0.417 e. The first-order chi connectivity index (χ1) is 18.8. The molecule has 0 aliphatic rings. The lowest BCUT2D eigenvalue weighted by molar-refractivity contribution is -0.143. The van der Waals surface area contributed by atoms with E-state index in [1.807, 2.05) is 0 Å². The molecule has 0 heterocycles. The van der Waals surface area contributed by atoms with E-state index in [1.165, 1.54) is 43.9 Å². The fraction of sp³-hybridized carbons (Fsp3) is 0.517. The first kappa shape index (κ1) is 33.6. The number of hydrogen-bond donors (Lipinski definition) is 0. The molecule has 2 aromatic rings. The number of benzene rings is 2. The number of alkyl halides is 6. The van der Waals surface area contributed by atoms with Crippen molar-refractivity contribution in [3.63, 3.8) is 0 Å². The number of carbonyl (C=O) groups is 2. The number of esters is 1. The minimum absolute atomic E-state index is 0.0642. The number of rotatable bonds is 16. The Balaban J connectivity index is 2.16. The van der Waals surface area contributed by atoms with Crippen LogP contribution < -0.4 is 5.30 Å². The number of carbonyl (C=O) groups excluding carboxylic acids is 2. The predicted octanol–water partition coefficient (Wildman–Crippen LogP) is 9.02. The Hall–Kier alpha value is -2.61. The molecule has 2 aromatic carbocycles. The van der Waals surface area contributed by atoms with Gasteiger partial charge >= 0.3 is 18.3 Å². The van der Waals surface area contributed by atoms with Crippen molar-refractivity contribution in [2.45, 2.75) is 83.5 Å². The maximum atomic E-state index is 14.0. The van der Waals surface area contributed by atoms with Gasteiger partial charge in [-0.1, -0.05) is 101 Å². The van der Waals surface area contributed by atoms with Crippen molar-refractivity contribution in [2.75, 3.05) is 12.8 Å². The summed E-state index contributed by atoms with van der Waals surface area (Å²) in [6.45, 7) is 2.09. The van der Waals surface area contributed by atoms with E-state index in [0.717, 1.165) is 44.2 Å². The molecular weight excluding hydrogens is 557 g/mol. The molecule has 1 atom stereocenters. The standard InChI is InChI=1S/C29H35F6O4P/c1-2-3-4-5-6-7-8-9-10-14-20-39-25(36)21-40(38,22-16-12-11-13-17-22)27(37)26-23(28(30,31)32)18-15-19-24(26)29(33,34)35/h11-13,15-19H,2-10,14,20-21H2,1H3. The first-order valence-corrected chi connectivity index (χ1v) is 15.3. The van der Waals surface area contributed by atoms with Crippen molar-refractivity contribution in [1.82, 2.24) is 0 Å². The van der Waals surface area contributed by atoms with Crippen molar-refractivity contribution in [1.29, 1.82) is 0 Å². The van der Waals surface area contributed by atoms with Crippen LogP contribution in [0.1, 0.15) is 92.6 Å². The number of unbranched alkanes of at least 4 members (excludes halogenated alkanes) is 9. The molecule has 222 valence electrons. The molecule has 4 nitrogen and oxygen atoms in total. The summed E-state index contributed by atoms with van der Waals surface area (Å²) in [4.78, 5) is 26.0. The van der Waals surface area contributed by atoms with E-state index >= 15 is 0 Å². The van der Waals surface area contributed by atoms with Gasteiger partial charge in [0.2, 0.25) is 5.52 Å². The van der Waals surface area contributed by atoms with Crippen LogP contribution in [0.4, 0.5) is 26.3 Å². The molecule has 0 N–H and O–H groups in total. The molecular formula is C29H35F6O4P. The fourth-order valence-corrected chi connectivity index (χ4v) is 6.66.